The zero-order chi connectivity index (χ0) is 16.0. The highest BCUT2D eigenvalue weighted by Crippen LogP contribution is 2.30. The van der Waals surface area contributed by atoms with E-state index in [2.05, 4.69) is 0 Å². The van der Waals surface area contributed by atoms with Crippen LogP contribution in [0, 0.1) is 0 Å². The maximum Gasteiger partial charge on any atom is 0.294 e. The van der Waals surface area contributed by atoms with Gasteiger partial charge in [-0.25, -0.2) is 13.6 Å². The van der Waals surface area contributed by atoms with Crippen LogP contribution in [0.2, 0.25) is 0 Å². The molecule has 0 aromatic heterocycles. The number of benzene rings is 1. The van der Waals surface area contributed by atoms with Crippen molar-refractivity contribution in [1.29, 1.82) is 0 Å². The highest BCUT2D eigenvalue weighted by molar-refractivity contribution is 7.89. The van der Waals surface area contributed by atoms with E-state index in [9.17, 15) is 21.6 Å². The second-order valence-electron chi connectivity index (χ2n) is 4.62. The van der Waals surface area contributed by atoms with Gasteiger partial charge in [-0.3, -0.25) is 9.35 Å². The van der Waals surface area contributed by atoms with Gasteiger partial charge in [0.05, 0.1) is 16.3 Å². The Morgan fingerprint density at radius 1 is 1.24 bits per heavy atom. The van der Waals surface area contributed by atoms with Gasteiger partial charge in [0.1, 0.15) is 5.25 Å². The molecule has 0 saturated carbocycles. The van der Waals surface area contributed by atoms with Gasteiger partial charge in [-0.15, -0.1) is 0 Å². The summed E-state index contributed by atoms with van der Waals surface area (Å²) in [5.41, 5.74) is 5.75. The maximum absolute atomic E-state index is 11.8. The summed E-state index contributed by atoms with van der Waals surface area (Å²) in [6.07, 6.45) is -0.266. The van der Waals surface area contributed by atoms with Gasteiger partial charge in [0.15, 0.2) is 0 Å². The zero-order valence-electron chi connectivity index (χ0n) is 10.6. The third-order valence-electron chi connectivity index (χ3n) is 3.14. The van der Waals surface area contributed by atoms with E-state index >= 15 is 0 Å². The molecule has 1 unspecified atom stereocenters. The molecule has 1 aromatic rings. The monoisotopic (exact) mass is 335 g/mol. The van der Waals surface area contributed by atoms with Crippen LogP contribution < -0.4 is 15.8 Å². The Morgan fingerprint density at radius 3 is 2.29 bits per heavy atom. The van der Waals surface area contributed by atoms with E-state index in [1.165, 1.54) is 6.07 Å². The number of hydrogen-bond donors (Lipinski definition) is 3. The molecule has 21 heavy (non-hydrogen) atoms. The Labute approximate surface area is 121 Å². The second-order valence-corrected chi connectivity index (χ2v) is 7.88. The van der Waals surface area contributed by atoms with Gasteiger partial charge in [-0.2, -0.15) is 8.42 Å². The number of anilines is 2. The van der Waals surface area contributed by atoms with Crippen LogP contribution in [0.4, 0.5) is 11.4 Å². The largest absolute Gasteiger partial charge is 0.397 e. The predicted octanol–water partition coefficient (Wildman–Crippen LogP) is -1.09. The summed E-state index contributed by atoms with van der Waals surface area (Å²) in [7, 11) is -8.27. The van der Waals surface area contributed by atoms with Crippen molar-refractivity contribution in [3.63, 3.8) is 0 Å². The molecule has 1 atom stereocenters. The lowest BCUT2D eigenvalue weighted by Gasteiger charge is -2.18. The molecule has 0 aliphatic carbocycles. The number of rotatable bonds is 3. The number of primary sulfonamides is 1. The van der Waals surface area contributed by atoms with E-state index < -0.39 is 36.2 Å². The lowest BCUT2D eigenvalue weighted by Crippen LogP contribution is -2.32. The number of carbonyl (C=O) groups is 1. The zero-order valence-corrected chi connectivity index (χ0v) is 12.3. The van der Waals surface area contributed by atoms with Crippen molar-refractivity contribution in [2.45, 2.75) is 16.6 Å². The Kier molecular flexibility index (Phi) is 3.70. The lowest BCUT2D eigenvalue weighted by molar-refractivity contribution is -0.117. The maximum atomic E-state index is 11.8. The van der Waals surface area contributed by atoms with Crippen LogP contribution in [0.3, 0.4) is 0 Å². The Morgan fingerprint density at radius 2 is 1.86 bits per heavy atom. The summed E-state index contributed by atoms with van der Waals surface area (Å²) in [6, 6.07) is 3.28. The first-order valence-electron chi connectivity index (χ1n) is 5.69. The van der Waals surface area contributed by atoms with E-state index in [0.717, 1.165) is 17.0 Å². The summed E-state index contributed by atoms with van der Waals surface area (Å²) in [4.78, 5) is 12.6. The third kappa shape index (κ3) is 3.15. The van der Waals surface area contributed by atoms with Gasteiger partial charge in [0.2, 0.25) is 15.9 Å². The van der Waals surface area contributed by atoms with Gasteiger partial charge in [0.25, 0.3) is 10.1 Å². The molecule has 1 aliphatic rings. The van der Waals surface area contributed by atoms with Crippen LogP contribution >= 0.6 is 0 Å². The second kappa shape index (κ2) is 4.94. The van der Waals surface area contributed by atoms with E-state index in [0.29, 0.717) is 0 Å². The minimum atomic E-state index is -4.41. The smallest absolute Gasteiger partial charge is 0.294 e. The highest BCUT2D eigenvalue weighted by atomic mass is 32.2. The molecule has 0 radical (unpaired) electrons. The van der Waals surface area contributed by atoms with E-state index in [1.807, 2.05) is 0 Å². The molecule has 0 spiro atoms. The summed E-state index contributed by atoms with van der Waals surface area (Å²) in [6.45, 7) is -0.160. The Balaban J connectivity index is 2.38. The molecular weight excluding hydrogens is 322 g/mol. The molecule has 2 rings (SSSR count). The van der Waals surface area contributed by atoms with Crippen LogP contribution in [0.25, 0.3) is 0 Å². The molecule has 1 aromatic carbocycles. The number of amides is 1. The van der Waals surface area contributed by atoms with E-state index in [1.54, 1.807) is 0 Å². The standard InChI is InChI=1S/C10H13N3O6S2/c11-8-3-6(21(17,18)19)1-2-9(8)13-5-7(4-10(13)14)20(12,15)16/h1-3,7H,4-5,11H2,(H2,12,15,16)(H,17,18,19). The fraction of sp³-hybridized carbons (Fsp3) is 0.300. The average Bonchev–Trinajstić information content (AvgIpc) is 2.70. The molecule has 1 aliphatic heterocycles. The molecule has 9 nitrogen and oxygen atoms in total. The van der Waals surface area contributed by atoms with Gasteiger partial charge in [-0.05, 0) is 18.2 Å². The predicted molar refractivity (Wildman–Crippen MR) is 74.5 cm³/mol. The summed E-state index contributed by atoms with van der Waals surface area (Å²) in [5.74, 6) is -0.486. The molecule has 1 amide bonds. The Hall–Kier alpha value is -1.69. The van der Waals surface area contributed by atoms with Crippen molar-refractivity contribution in [3.05, 3.63) is 18.2 Å². The summed E-state index contributed by atoms with van der Waals surface area (Å²) >= 11 is 0. The SMILES string of the molecule is Nc1cc(S(=O)(=O)O)ccc1N1CC(S(N)(=O)=O)CC1=O. The molecule has 5 N–H and O–H groups in total. The molecule has 0 bridgehead atoms. The summed E-state index contributed by atoms with van der Waals surface area (Å²) in [5, 5.41) is 3.98. The minimum absolute atomic E-state index is 0.0754. The Bertz CT molecular complexity index is 802. The number of sulfonamides is 1. The minimum Gasteiger partial charge on any atom is -0.397 e. The van der Waals surface area contributed by atoms with Crippen molar-refractivity contribution < 1.29 is 26.2 Å². The lowest BCUT2D eigenvalue weighted by atomic mass is 10.2. The molecule has 116 valence electrons. The molecule has 1 fully saturated rings. The fourth-order valence-electron chi connectivity index (χ4n) is 2.07. The number of nitrogens with two attached hydrogens (primary N) is 2. The average molecular weight is 335 g/mol. The number of nitrogens with zero attached hydrogens (tertiary/aromatic N) is 1. The summed E-state index contributed by atoms with van der Waals surface area (Å²) < 4.78 is 53.5. The molecule has 11 heteroatoms. The first kappa shape index (κ1) is 15.7. The first-order valence-corrected chi connectivity index (χ1v) is 8.74. The number of hydrogen-bond acceptors (Lipinski definition) is 6. The van der Waals surface area contributed by atoms with Crippen molar-refractivity contribution in [2.75, 3.05) is 17.2 Å². The van der Waals surface area contributed by atoms with Crippen molar-refractivity contribution in [3.8, 4) is 0 Å². The van der Waals surface area contributed by atoms with Crippen molar-refractivity contribution >= 4 is 37.4 Å². The van der Waals surface area contributed by atoms with Crippen molar-refractivity contribution in [1.82, 2.24) is 0 Å². The normalized spacial score (nSPS) is 20.0. The van der Waals surface area contributed by atoms with Crippen LogP contribution in [-0.4, -0.2) is 39.1 Å². The van der Waals surface area contributed by atoms with Crippen LogP contribution in [0.5, 0.6) is 0 Å². The van der Waals surface area contributed by atoms with Gasteiger partial charge in [0, 0.05) is 13.0 Å². The van der Waals surface area contributed by atoms with Gasteiger partial charge < -0.3 is 10.6 Å². The fourth-order valence-corrected chi connectivity index (χ4v) is 3.31. The van der Waals surface area contributed by atoms with E-state index in [4.69, 9.17) is 15.4 Å². The van der Waals surface area contributed by atoms with E-state index in [-0.39, 0.29) is 24.3 Å². The molecule has 1 saturated heterocycles. The van der Waals surface area contributed by atoms with Crippen LogP contribution in [0.1, 0.15) is 6.42 Å². The van der Waals surface area contributed by atoms with Crippen LogP contribution in [-0.2, 0) is 24.9 Å². The topological polar surface area (TPSA) is 161 Å². The van der Waals surface area contributed by atoms with Crippen molar-refractivity contribution in [2.24, 2.45) is 5.14 Å². The van der Waals surface area contributed by atoms with Gasteiger partial charge in [-0.1, -0.05) is 0 Å². The quantitative estimate of drug-likeness (QED) is 0.467. The van der Waals surface area contributed by atoms with Crippen LogP contribution in [0.15, 0.2) is 23.1 Å². The number of nitrogen functional groups attached to an aromatic ring is 1. The number of carbonyl (C=O) groups excluding carboxylic acids is 1. The highest BCUT2D eigenvalue weighted by Gasteiger charge is 2.37. The molecular formula is C10H13N3O6S2. The van der Waals surface area contributed by atoms with Gasteiger partial charge >= 0.3 is 0 Å². The third-order valence-corrected chi connectivity index (χ3v) is 5.24. The molecule has 1 heterocycles. The first-order chi connectivity index (χ1) is 9.50.